The third-order valence-electron chi connectivity index (χ3n) is 14.7. The van der Waals surface area contributed by atoms with Gasteiger partial charge in [-0.25, -0.2) is 14.8 Å². The van der Waals surface area contributed by atoms with Gasteiger partial charge in [-0.15, -0.1) is 0 Å². The fourth-order valence-corrected chi connectivity index (χ4v) is 12.2. The number of rotatable bonds is 14. The predicted octanol–water partition coefficient (Wildman–Crippen LogP) is 8.10. The molecule has 1 unspecified atom stereocenters. The van der Waals surface area contributed by atoms with Crippen molar-refractivity contribution in [3.05, 3.63) is 125 Å². The van der Waals surface area contributed by atoms with E-state index < -0.39 is 11.9 Å². The summed E-state index contributed by atoms with van der Waals surface area (Å²) in [5.74, 6) is -0.658. The Morgan fingerprint density at radius 1 is 0.930 bits per heavy atom. The van der Waals surface area contributed by atoms with Crippen LogP contribution in [0.4, 0.5) is 16.6 Å². The SMILES string of the molecule is Cc1c(OCCCC2CC3(C2)CN(CC(=O)Nc2ccc4c(C5CCC(=O)NC5=O)nn(C)c4c2)C3)cccc1-c1ccc(N2CCc3cccc(C(=O)Nc4nc5ccccc5s4)c3C2)nc1C(=O)O. The number of para-hydroxylation sites is 1. The van der Waals surface area contributed by atoms with Crippen LogP contribution in [0.2, 0.25) is 0 Å². The number of hydrogen-bond acceptors (Lipinski definition) is 12. The van der Waals surface area contributed by atoms with E-state index in [2.05, 4.69) is 30.9 Å². The van der Waals surface area contributed by atoms with Crippen molar-refractivity contribution in [3.63, 3.8) is 0 Å². The Morgan fingerprint density at radius 3 is 2.58 bits per heavy atom. The summed E-state index contributed by atoms with van der Waals surface area (Å²) in [7, 11) is 1.81. The van der Waals surface area contributed by atoms with Gasteiger partial charge in [-0.2, -0.15) is 5.10 Å². The molecule has 71 heavy (non-hydrogen) atoms. The van der Waals surface area contributed by atoms with Gasteiger partial charge in [-0.05, 0) is 134 Å². The van der Waals surface area contributed by atoms with Crippen molar-refractivity contribution >= 4 is 78.7 Å². The summed E-state index contributed by atoms with van der Waals surface area (Å²) in [6, 6.07) is 28.5. The Morgan fingerprint density at radius 2 is 1.76 bits per heavy atom. The van der Waals surface area contributed by atoms with E-state index >= 15 is 0 Å². The molecule has 3 aromatic heterocycles. The number of hydrogen-bond donors (Lipinski definition) is 4. The molecule has 3 fully saturated rings. The number of thiazole rings is 1. The topological polar surface area (TPSA) is 201 Å². The number of nitrogens with zero attached hydrogens (tertiary/aromatic N) is 6. The first-order valence-electron chi connectivity index (χ1n) is 24.2. The van der Waals surface area contributed by atoms with Crippen LogP contribution in [0.15, 0.2) is 91.0 Å². The maximum atomic E-state index is 13.6. The van der Waals surface area contributed by atoms with Crippen LogP contribution < -0.4 is 25.6 Å². The van der Waals surface area contributed by atoms with E-state index in [4.69, 9.17) is 9.72 Å². The predicted molar refractivity (Wildman–Crippen MR) is 271 cm³/mol. The maximum Gasteiger partial charge on any atom is 0.355 e. The number of ether oxygens (including phenoxy) is 1. The number of nitrogens with one attached hydrogen (secondary N) is 3. The summed E-state index contributed by atoms with van der Waals surface area (Å²) >= 11 is 1.43. The molecule has 4 aliphatic rings. The minimum absolute atomic E-state index is 0.0457. The summed E-state index contributed by atoms with van der Waals surface area (Å²) in [5.41, 5.74) is 7.79. The van der Waals surface area contributed by atoms with E-state index in [0.29, 0.717) is 84.2 Å². The summed E-state index contributed by atoms with van der Waals surface area (Å²) in [6.07, 6.45) is 5.60. The van der Waals surface area contributed by atoms with Crippen LogP contribution in [0.1, 0.15) is 87.7 Å². The summed E-state index contributed by atoms with van der Waals surface area (Å²) < 4.78 is 9.03. The lowest BCUT2D eigenvalue weighted by molar-refractivity contribution is -0.134. The first-order chi connectivity index (χ1) is 34.4. The van der Waals surface area contributed by atoms with Crippen molar-refractivity contribution in [2.24, 2.45) is 18.4 Å². The highest BCUT2D eigenvalue weighted by atomic mass is 32.1. The molecule has 7 aromatic rings. The van der Waals surface area contributed by atoms with Gasteiger partial charge in [0.05, 0.1) is 40.5 Å². The number of aromatic carboxylic acids is 1. The number of benzene rings is 4. The molecule has 0 radical (unpaired) electrons. The molecular formula is C54H53N9O7S. The molecule has 1 saturated carbocycles. The van der Waals surface area contributed by atoms with Gasteiger partial charge >= 0.3 is 5.97 Å². The first kappa shape index (κ1) is 45.9. The summed E-state index contributed by atoms with van der Waals surface area (Å²) in [4.78, 5) is 77.2. The number of pyridine rings is 1. The van der Waals surface area contributed by atoms with Crippen LogP contribution >= 0.6 is 11.3 Å². The van der Waals surface area contributed by atoms with Crippen LogP contribution in [-0.2, 0) is 34.4 Å². The van der Waals surface area contributed by atoms with Gasteiger partial charge in [0.25, 0.3) is 5.91 Å². The molecule has 11 rings (SSSR count). The lowest BCUT2D eigenvalue weighted by Gasteiger charge is -2.59. The Hall–Kier alpha value is -7.50. The van der Waals surface area contributed by atoms with Gasteiger partial charge in [0.15, 0.2) is 10.8 Å². The number of carbonyl (C=O) groups excluding carboxylic acids is 4. The quantitative estimate of drug-likeness (QED) is 0.0604. The van der Waals surface area contributed by atoms with Crippen molar-refractivity contribution in [1.29, 1.82) is 0 Å². The van der Waals surface area contributed by atoms with Crippen molar-refractivity contribution in [2.45, 2.75) is 64.3 Å². The summed E-state index contributed by atoms with van der Waals surface area (Å²) in [5, 5.41) is 24.9. The molecular weight excluding hydrogens is 919 g/mol. The molecule has 1 aliphatic carbocycles. The van der Waals surface area contributed by atoms with Crippen LogP contribution in [-0.4, -0.2) is 92.1 Å². The zero-order valence-corrected chi connectivity index (χ0v) is 40.3. The zero-order valence-electron chi connectivity index (χ0n) is 39.5. The van der Waals surface area contributed by atoms with E-state index in [-0.39, 0.29) is 41.2 Å². The molecule has 4 N–H and O–H groups in total. The highest BCUT2D eigenvalue weighted by Gasteiger charge is 2.51. The molecule has 1 spiro atoms. The number of aromatic nitrogens is 4. The molecule has 3 aliphatic heterocycles. The fraction of sp³-hybridized carbons (Fsp3) is 0.333. The molecule has 362 valence electrons. The third-order valence-corrected chi connectivity index (χ3v) is 15.6. The summed E-state index contributed by atoms with van der Waals surface area (Å²) in [6.45, 7) is 5.64. The third kappa shape index (κ3) is 9.11. The van der Waals surface area contributed by atoms with Crippen molar-refractivity contribution < 1.29 is 33.8 Å². The number of piperidine rings is 1. The molecule has 6 heterocycles. The smallest absolute Gasteiger partial charge is 0.355 e. The van der Waals surface area contributed by atoms with Crippen LogP contribution in [0.5, 0.6) is 5.75 Å². The number of carboxylic acid groups (broad SMARTS) is 1. The van der Waals surface area contributed by atoms with E-state index in [1.54, 1.807) is 4.68 Å². The van der Waals surface area contributed by atoms with Crippen molar-refractivity contribution in [1.82, 2.24) is 30.0 Å². The minimum atomic E-state index is -1.12. The zero-order chi connectivity index (χ0) is 49.0. The Labute approximate surface area is 413 Å². The number of anilines is 3. The number of likely N-dealkylation sites (tertiary alicyclic amines) is 1. The van der Waals surface area contributed by atoms with Gasteiger partial charge in [0.1, 0.15) is 11.6 Å². The fourth-order valence-electron chi connectivity index (χ4n) is 11.3. The second-order valence-corrected chi connectivity index (χ2v) is 20.6. The molecule has 16 nitrogen and oxygen atoms in total. The second-order valence-electron chi connectivity index (χ2n) is 19.6. The number of fused-ring (bicyclic) bond motifs is 3. The Kier molecular flexibility index (Phi) is 12.1. The van der Waals surface area contributed by atoms with Crippen molar-refractivity contribution in [3.8, 4) is 16.9 Å². The standard InChI is InChI=1S/C54H53N9O7S/c1-31-35(36-17-19-45(57-49(36)52(68)69)63-22-21-33-9-5-11-37(40(33)27-63)50(66)59-53-56-41-12-3-4-14-44(41)71-53)10-6-13-43(31)70-23-7-8-32-25-54(26-32)29-62(30-54)28-47(65)55-34-15-16-38-42(24-34)61(2)60-48(38)39-18-20-46(64)58-51(39)67/h3-6,9-17,19,24,32,39H,7-8,18,20-23,25-30H2,1-2H3,(H,55,65)(H,68,69)(H,56,59,66)(H,58,64,67). The average molecular weight is 972 g/mol. The van der Waals surface area contributed by atoms with Gasteiger partial charge in [0.2, 0.25) is 17.7 Å². The van der Waals surface area contributed by atoms with E-state index in [1.165, 1.54) is 11.3 Å². The molecule has 1 atom stereocenters. The molecule has 2 saturated heterocycles. The monoisotopic (exact) mass is 971 g/mol. The Balaban J connectivity index is 0.652. The van der Waals surface area contributed by atoms with Crippen LogP contribution in [0, 0.1) is 18.3 Å². The highest BCUT2D eigenvalue weighted by Crippen LogP contribution is 2.53. The lowest BCUT2D eigenvalue weighted by Crippen LogP contribution is -2.63. The van der Waals surface area contributed by atoms with Gasteiger partial charge in [-0.3, -0.25) is 39.4 Å². The first-order valence-corrected chi connectivity index (χ1v) is 25.0. The van der Waals surface area contributed by atoms with Gasteiger partial charge < -0.3 is 20.1 Å². The maximum absolute atomic E-state index is 13.6. The van der Waals surface area contributed by atoms with Crippen LogP contribution in [0.25, 0.3) is 32.2 Å². The molecule has 17 heteroatoms. The van der Waals surface area contributed by atoms with E-state index in [0.717, 1.165) is 82.1 Å². The van der Waals surface area contributed by atoms with Crippen molar-refractivity contribution in [2.75, 3.05) is 48.3 Å². The second kappa shape index (κ2) is 18.7. The minimum Gasteiger partial charge on any atom is -0.493 e. The highest BCUT2D eigenvalue weighted by molar-refractivity contribution is 7.22. The number of imide groups is 1. The van der Waals surface area contributed by atoms with Gasteiger partial charge in [0, 0.05) is 61.8 Å². The largest absolute Gasteiger partial charge is 0.493 e. The lowest BCUT2D eigenvalue weighted by atomic mass is 9.57. The molecule has 4 aromatic carbocycles. The number of carbonyl (C=O) groups is 5. The van der Waals surface area contributed by atoms with Crippen LogP contribution in [0.3, 0.4) is 0 Å². The van der Waals surface area contributed by atoms with E-state index in [1.807, 2.05) is 110 Å². The van der Waals surface area contributed by atoms with Gasteiger partial charge in [-0.1, -0.05) is 47.7 Å². The number of carboxylic acids is 1. The number of aryl methyl sites for hydroxylation is 1. The normalized spacial score (nSPS) is 17.7. The van der Waals surface area contributed by atoms with E-state index in [9.17, 15) is 29.1 Å². The molecule has 0 bridgehead atoms. The molecule has 4 amide bonds. The average Bonchev–Trinajstić information content (AvgIpc) is 3.90. The number of amides is 4. The Bertz CT molecular complexity index is 3260.